The van der Waals surface area contributed by atoms with Crippen LogP contribution in [-0.4, -0.2) is 27.8 Å². The Morgan fingerprint density at radius 3 is 2.38 bits per heavy atom. The number of amides is 1. The van der Waals surface area contributed by atoms with E-state index in [9.17, 15) is 13.6 Å². The molecule has 7 heteroatoms. The number of rotatable bonds is 6. The third-order valence-corrected chi connectivity index (χ3v) is 4.70. The van der Waals surface area contributed by atoms with Gasteiger partial charge in [0.25, 0.3) is 5.91 Å². The maximum Gasteiger partial charge on any atom is 0.251 e. The summed E-state index contributed by atoms with van der Waals surface area (Å²) >= 11 is -2.04. The number of hydrogen-bond acceptors (Lipinski definition) is 4. The molecule has 1 atom stereocenters. The van der Waals surface area contributed by atoms with E-state index in [1.165, 1.54) is 0 Å². The molecule has 3 aromatic carbocycles. The SMILES string of the molecule is Nc1ccc(C(=O)NCCNc2cccc3c(S(=O)O)cccc23)cc1. The molecular weight excluding hydrogens is 350 g/mol. The van der Waals surface area contributed by atoms with Gasteiger partial charge in [-0.25, -0.2) is 4.21 Å². The summed E-state index contributed by atoms with van der Waals surface area (Å²) in [6.07, 6.45) is 0. The summed E-state index contributed by atoms with van der Waals surface area (Å²) in [6.45, 7) is 0.956. The van der Waals surface area contributed by atoms with Crippen LogP contribution < -0.4 is 16.4 Å². The monoisotopic (exact) mass is 369 g/mol. The number of carbonyl (C=O) groups excluding carboxylic acids is 1. The van der Waals surface area contributed by atoms with E-state index in [0.717, 1.165) is 16.5 Å². The number of anilines is 2. The van der Waals surface area contributed by atoms with Gasteiger partial charge in [-0.2, -0.15) is 0 Å². The smallest absolute Gasteiger partial charge is 0.251 e. The van der Waals surface area contributed by atoms with Gasteiger partial charge in [-0.05, 0) is 36.4 Å². The number of fused-ring (bicyclic) bond motifs is 1. The van der Waals surface area contributed by atoms with Gasteiger partial charge in [-0.1, -0.05) is 24.3 Å². The molecule has 0 aliphatic rings. The van der Waals surface area contributed by atoms with Crippen LogP contribution in [0.2, 0.25) is 0 Å². The molecule has 0 fully saturated rings. The lowest BCUT2D eigenvalue weighted by atomic mass is 10.1. The summed E-state index contributed by atoms with van der Waals surface area (Å²) in [5.74, 6) is -0.164. The summed E-state index contributed by atoms with van der Waals surface area (Å²) in [5, 5.41) is 7.67. The summed E-state index contributed by atoms with van der Waals surface area (Å²) < 4.78 is 20.9. The molecule has 26 heavy (non-hydrogen) atoms. The molecule has 3 aromatic rings. The number of benzene rings is 3. The second-order valence-corrected chi connectivity index (χ2v) is 6.65. The maximum atomic E-state index is 12.1. The molecule has 1 unspecified atom stereocenters. The number of hydrogen-bond donors (Lipinski definition) is 4. The zero-order valence-electron chi connectivity index (χ0n) is 13.9. The topological polar surface area (TPSA) is 104 Å². The van der Waals surface area contributed by atoms with Crippen LogP contribution >= 0.6 is 0 Å². The molecular formula is C19H19N3O3S. The molecule has 0 heterocycles. The van der Waals surface area contributed by atoms with E-state index in [-0.39, 0.29) is 5.91 Å². The van der Waals surface area contributed by atoms with Crippen molar-refractivity contribution in [1.82, 2.24) is 5.32 Å². The van der Waals surface area contributed by atoms with Crippen LogP contribution in [0, 0.1) is 0 Å². The second kappa shape index (κ2) is 7.99. The molecule has 6 nitrogen and oxygen atoms in total. The molecule has 134 valence electrons. The number of nitrogens with one attached hydrogen (secondary N) is 2. The van der Waals surface area contributed by atoms with E-state index in [0.29, 0.717) is 29.2 Å². The lowest BCUT2D eigenvalue weighted by Crippen LogP contribution is -2.28. The molecule has 0 saturated carbocycles. The first-order valence-electron chi connectivity index (χ1n) is 8.06. The van der Waals surface area contributed by atoms with Crippen LogP contribution in [-0.2, 0) is 11.1 Å². The Hall–Kier alpha value is -2.90. The van der Waals surface area contributed by atoms with Crippen LogP contribution in [0.25, 0.3) is 10.8 Å². The highest BCUT2D eigenvalue weighted by atomic mass is 32.2. The second-order valence-electron chi connectivity index (χ2n) is 5.71. The Morgan fingerprint density at radius 2 is 1.65 bits per heavy atom. The molecule has 0 saturated heterocycles. The summed E-state index contributed by atoms with van der Waals surface area (Å²) in [6, 6.07) is 17.5. The molecule has 0 aromatic heterocycles. The number of nitrogens with two attached hydrogens (primary N) is 1. The molecule has 0 aliphatic carbocycles. The van der Waals surface area contributed by atoms with E-state index in [4.69, 9.17) is 5.73 Å². The van der Waals surface area contributed by atoms with Gasteiger partial charge in [0, 0.05) is 40.8 Å². The van der Waals surface area contributed by atoms with Crippen molar-refractivity contribution in [2.45, 2.75) is 4.90 Å². The highest BCUT2D eigenvalue weighted by Crippen LogP contribution is 2.27. The van der Waals surface area contributed by atoms with Crippen LogP contribution in [0.3, 0.4) is 0 Å². The van der Waals surface area contributed by atoms with Crippen molar-refractivity contribution in [3.05, 3.63) is 66.2 Å². The van der Waals surface area contributed by atoms with Crippen LogP contribution in [0.1, 0.15) is 10.4 Å². The first-order valence-corrected chi connectivity index (χ1v) is 9.17. The van der Waals surface area contributed by atoms with Crippen molar-refractivity contribution in [3.8, 4) is 0 Å². The van der Waals surface area contributed by atoms with E-state index < -0.39 is 11.1 Å². The van der Waals surface area contributed by atoms with Crippen molar-refractivity contribution in [2.75, 3.05) is 24.1 Å². The Morgan fingerprint density at radius 1 is 0.962 bits per heavy atom. The van der Waals surface area contributed by atoms with Crippen molar-refractivity contribution in [3.63, 3.8) is 0 Å². The van der Waals surface area contributed by atoms with Crippen molar-refractivity contribution >= 4 is 39.1 Å². The molecule has 0 spiro atoms. The van der Waals surface area contributed by atoms with Gasteiger partial charge in [0.1, 0.15) is 0 Å². The number of carbonyl (C=O) groups is 1. The van der Waals surface area contributed by atoms with Gasteiger partial charge in [0.2, 0.25) is 0 Å². The zero-order valence-corrected chi connectivity index (χ0v) is 14.8. The van der Waals surface area contributed by atoms with Gasteiger partial charge < -0.3 is 20.9 Å². The Balaban J connectivity index is 1.63. The van der Waals surface area contributed by atoms with E-state index in [1.54, 1.807) is 36.4 Å². The van der Waals surface area contributed by atoms with Crippen LogP contribution in [0.4, 0.5) is 11.4 Å². The Labute approximate surface area is 153 Å². The quantitative estimate of drug-likeness (QED) is 0.304. The largest absolute Gasteiger partial charge is 0.399 e. The van der Waals surface area contributed by atoms with Crippen molar-refractivity contribution in [2.24, 2.45) is 0 Å². The average Bonchev–Trinajstić information content (AvgIpc) is 2.65. The zero-order chi connectivity index (χ0) is 18.5. The normalized spacial score (nSPS) is 11.9. The highest BCUT2D eigenvalue weighted by molar-refractivity contribution is 7.79. The van der Waals surface area contributed by atoms with Gasteiger partial charge in [0.05, 0.1) is 4.90 Å². The first kappa shape index (κ1) is 17.9. The minimum Gasteiger partial charge on any atom is -0.399 e. The minimum absolute atomic E-state index is 0.164. The minimum atomic E-state index is -2.04. The molecule has 0 aliphatic heterocycles. The van der Waals surface area contributed by atoms with Crippen LogP contribution in [0.15, 0.2) is 65.6 Å². The van der Waals surface area contributed by atoms with Crippen molar-refractivity contribution in [1.29, 1.82) is 0 Å². The summed E-state index contributed by atoms with van der Waals surface area (Å²) in [7, 11) is 0. The van der Waals surface area contributed by atoms with Crippen molar-refractivity contribution < 1.29 is 13.6 Å². The Kier molecular flexibility index (Phi) is 5.50. The predicted octanol–water partition coefficient (Wildman–Crippen LogP) is 2.84. The molecule has 0 bridgehead atoms. The maximum absolute atomic E-state index is 12.1. The van der Waals surface area contributed by atoms with E-state index >= 15 is 0 Å². The standard InChI is InChI=1S/C19H19N3O3S/c20-14-9-7-13(8-10-14)19(23)22-12-11-21-17-5-1-4-16-15(17)3-2-6-18(16)26(24)25/h1-10,21H,11-12,20H2,(H,22,23)(H,24,25). The van der Waals surface area contributed by atoms with Crippen LogP contribution in [0.5, 0.6) is 0 Å². The summed E-state index contributed by atoms with van der Waals surface area (Å²) in [5.41, 5.74) is 7.62. The Bertz CT molecular complexity index is 958. The lowest BCUT2D eigenvalue weighted by molar-refractivity contribution is 0.0955. The fourth-order valence-corrected chi connectivity index (χ4v) is 3.26. The molecule has 0 radical (unpaired) electrons. The first-order chi connectivity index (χ1) is 12.6. The van der Waals surface area contributed by atoms with Gasteiger partial charge in [0.15, 0.2) is 11.1 Å². The van der Waals surface area contributed by atoms with Gasteiger partial charge in [-0.3, -0.25) is 4.79 Å². The molecule has 5 N–H and O–H groups in total. The van der Waals surface area contributed by atoms with Gasteiger partial charge in [-0.15, -0.1) is 0 Å². The predicted molar refractivity (Wildman–Crippen MR) is 105 cm³/mol. The third-order valence-electron chi connectivity index (χ3n) is 3.97. The van der Waals surface area contributed by atoms with E-state index in [2.05, 4.69) is 10.6 Å². The average molecular weight is 369 g/mol. The molecule has 1 amide bonds. The highest BCUT2D eigenvalue weighted by Gasteiger charge is 2.09. The third kappa shape index (κ3) is 4.01. The van der Waals surface area contributed by atoms with Gasteiger partial charge >= 0.3 is 0 Å². The molecule has 3 rings (SSSR count). The fraction of sp³-hybridized carbons (Fsp3) is 0.105. The summed E-state index contributed by atoms with van der Waals surface area (Å²) in [4.78, 5) is 12.4. The lowest BCUT2D eigenvalue weighted by Gasteiger charge is -2.12. The van der Waals surface area contributed by atoms with E-state index in [1.807, 2.05) is 24.3 Å². The number of nitrogen functional groups attached to an aromatic ring is 1. The fourth-order valence-electron chi connectivity index (χ4n) is 2.70.